The Hall–Kier alpha value is -3.63. The van der Waals surface area contributed by atoms with Crippen LogP contribution in [0, 0.1) is 38.3 Å². The molecule has 0 N–H and O–H groups in total. The number of aromatic nitrogens is 2. The van der Waals surface area contributed by atoms with Crippen LogP contribution in [-0.4, -0.2) is 9.97 Å². The number of benzene rings is 3. The van der Waals surface area contributed by atoms with E-state index in [9.17, 15) is 0 Å². The Labute approximate surface area is 271 Å². The smallest absolute Gasteiger partial charge is 0.129 e. The van der Waals surface area contributed by atoms with Crippen molar-refractivity contribution in [3.05, 3.63) is 119 Å². The maximum absolute atomic E-state index is 6.42. The largest absolute Gasteiger partial charge is 0.500 e. The molecule has 0 spiro atoms. The summed E-state index contributed by atoms with van der Waals surface area (Å²) in [5.74, 6) is 0. The Morgan fingerprint density at radius 2 is 1.53 bits per heavy atom. The van der Waals surface area contributed by atoms with Gasteiger partial charge in [-0.3, -0.25) is 0 Å². The van der Waals surface area contributed by atoms with Gasteiger partial charge < -0.3 is 14.4 Å². The van der Waals surface area contributed by atoms with Gasteiger partial charge in [0.05, 0.1) is 5.58 Å². The summed E-state index contributed by atoms with van der Waals surface area (Å²) < 4.78 is 7.66. The van der Waals surface area contributed by atoms with E-state index in [0.29, 0.717) is 0 Å². The zero-order chi connectivity index (χ0) is 29.4. The van der Waals surface area contributed by atoms with Crippen LogP contribution in [0.15, 0.2) is 88.9 Å². The fourth-order valence-corrected chi connectivity index (χ4v) is 5.97. The number of fused-ring (bicyclic) bond motifs is 5. The van der Waals surface area contributed by atoms with Crippen LogP contribution in [0.2, 0.25) is 0 Å². The van der Waals surface area contributed by atoms with E-state index in [0.717, 1.165) is 50.9 Å². The Balaban J connectivity index is 0.000000208. The fraction of sp³-hybridized carbons (Fsp3) is 0.211. The predicted molar refractivity (Wildman–Crippen MR) is 177 cm³/mol. The summed E-state index contributed by atoms with van der Waals surface area (Å²) in [6.07, 6.45) is 4.87. The molecule has 0 saturated carbocycles. The molecule has 3 nitrogen and oxygen atoms in total. The summed E-state index contributed by atoms with van der Waals surface area (Å²) in [5.41, 5.74) is 10.9. The minimum absolute atomic E-state index is 0. The molecule has 7 rings (SSSR count). The van der Waals surface area contributed by atoms with Crippen molar-refractivity contribution in [2.45, 2.75) is 48.0 Å². The average Bonchev–Trinajstić information content (AvgIpc) is 3.60. The molecular formula is C38H34IrN2OS-2. The van der Waals surface area contributed by atoms with Crippen LogP contribution < -0.4 is 0 Å². The van der Waals surface area contributed by atoms with Gasteiger partial charge in [0.25, 0.3) is 0 Å². The minimum atomic E-state index is 0. The van der Waals surface area contributed by atoms with Gasteiger partial charge in [-0.1, -0.05) is 68.5 Å². The number of aryl methyl sites for hydroxylation is 3. The molecular weight excluding hydrogens is 725 g/mol. The van der Waals surface area contributed by atoms with Crippen molar-refractivity contribution < 1.29 is 24.5 Å². The summed E-state index contributed by atoms with van der Waals surface area (Å²) in [4.78, 5) is 9.07. The maximum atomic E-state index is 6.42. The molecule has 4 heterocycles. The molecule has 0 bridgehead atoms. The molecule has 43 heavy (non-hydrogen) atoms. The average molecular weight is 759 g/mol. The molecule has 7 aromatic rings. The van der Waals surface area contributed by atoms with E-state index in [1.807, 2.05) is 43.6 Å². The summed E-state index contributed by atoms with van der Waals surface area (Å²) in [6.45, 7) is 13.0. The van der Waals surface area contributed by atoms with Crippen molar-refractivity contribution in [3.8, 4) is 22.5 Å². The third kappa shape index (κ3) is 6.65. The van der Waals surface area contributed by atoms with Crippen molar-refractivity contribution in [1.29, 1.82) is 0 Å². The Morgan fingerprint density at radius 3 is 2.26 bits per heavy atom. The summed E-state index contributed by atoms with van der Waals surface area (Å²) in [5, 5.41) is 5.56. The standard InChI is InChI=1S/C25H22NOS.C13H12N.Ir/c1-15-14-26-21(12-16(15)13-25(2,3)4)19-7-5-6-17-18-8-9-22-20(10-11-28-22)24(18)27-23(17)19;1-10-3-6-12(7-4-10)13-8-5-11(2)9-14-13;/h5-6,8-12,14H,13H2,1-4H3;3-6,8-9H,1-2H3;/q2*-1;. The molecule has 0 aliphatic heterocycles. The van der Waals surface area contributed by atoms with Gasteiger partial charge in [-0.05, 0) is 65.7 Å². The second-order valence-corrected chi connectivity index (χ2v) is 13.2. The van der Waals surface area contributed by atoms with Gasteiger partial charge in [-0.2, -0.15) is 0 Å². The molecule has 4 aromatic heterocycles. The number of pyridine rings is 2. The van der Waals surface area contributed by atoms with E-state index < -0.39 is 0 Å². The normalized spacial score (nSPS) is 11.4. The quantitative estimate of drug-likeness (QED) is 0.169. The summed E-state index contributed by atoms with van der Waals surface area (Å²) >= 11 is 1.74. The minimum Gasteiger partial charge on any atom is -0.500 e. The van der Waals surface area contributed by atoms with E-state index >= 15 is 0 Å². The van der Waals surface area contributed by atoms with E-state index in [-0.39, 0.29) is 25.5 Å². The number of rotatable bonds is 3. The molecule has 3 aromatic carbocycles. The summed E-state index contributed by atoms with van der Waals surface area (Å²) in [6, 6.07) is 29.6. The number of furan rings is 1. The third-order valence-electron chi connectivity index (χ3n) is 7.38. The van der Waals surface area contributed by atoms with Gasteiger partial charge in [0.15, 0.2) is 0 Å². The first-order valence-corrected chi connectivity index (χ1v) is 15.1. The van der Waals surface area contributed by atoms with Crippen LogP contribution in [0.1, 0.15) is 43.0 Å². The van der Waals surface area contributed by atoms with Gasteiger partial charge in [0.2, 0.25) is 0 Å². The first-order valence-electron chi connectivity index (χ1n) is 14.3. The molecule has 0 saturated heterocycles. The number of thiophene rings is 1. The number of hydrogen-bond acceptors (Lipinski definition) is 4. The van der Waals surface area contributed by atoms with Gasteiger partial charge in [-0.25, -0.2) is 0 Å². The molecule has 1 radical (unpaired) electrons. The Morgan fingerprint density at radius 1 is 0.767 bits per heavy atom. The van der Waals surface area contributed by atoms with Crippen LogP contribution in [0.4, 0.5) is 0 Å². The van der Waals surface area contributed by atoms with E-state index in [1.54, 1.807) is 11.3 Å². The van der Waals surface area contributed by atoms with Crippen molar-refractivity contribution in [3.63, 3.8) is 0 Å². The zero-order valence-electron chi connectivity index (χ0n) is 25.3. The van der Waals surface area contributed by atoms with Crippen LogP contribution in [0.5, 0.6) is 0 Å². The van der Waals surface area contributed by atoms with Crippen LogP contribution in [0.3, 0.4) is 0 Å². The Kier molecular flexibility index (Phi) is 8.99. The van der Waals surface area contributed by atoms with Gasteiger partial charge in [0.1, 0.15) is 5.58 Å². The number of nitrogens with zero attached hydrogens (tertiary/aromatic N) is 2. The topological polar surface area (TPSA) is 38.9 Å². The van der Waals surface area contributed by atoms with Crippen LogP contribution >= 0.6 is 11.3 Å². The van der Waals surface area contributed by atoms with Crippen molar-refractivity contribution in [2.24, 2.45) is 5.41 Å². The van der Waals surface area contributed by atoms with Crippen molar-refractivity contribution in [1.82, 2.24) is 9.97 Å². The predicted octanol–water partition coefficient (Wildman–Crippen LogP) is 10.7. The molecule has 0 aliphatic rings. The fourth-order valence-electron chi connectivity index (χ4n) is 5.19. The first kappa shape index (κ1) is 30.8. The van der Waals surface area contributed by atoms with Crippen molar-refractivity contribution >= 4 is 43.4 Å². The second kappa shape index (κ2) is 12.5. The molecule has 0 amide bonds. The monoisotopic (exact) mass is 759 g/mol. The van der Waals surface area contributed by atoms with Gasteiger partial charge >= 0.3 is 0 Å². The molecule has 5 heteroatoms. The zero-order valence-corrected chi connectivity index (χ0v) is 28.5. The van der Waals surface area contributed by atoms with E-state index in [1.165, 1.54) is 32.3 Å². The molecule has 0 aliphatic carbocycles. The molecule has 219 valence electrons. The van der Waals surface area contributed by atoms with E-state index in [4.69, 9.17) is 9.40 Å². The maximum Gasteiger partial charge on any atom is 0.129 e. The second-order valence-electron chi connectivity index (χ2n) is 12.2. The van der Waals surface area contributed by atoms with Gasteiger partial charge in [-0.15, -0.1) is 64.9 Å². The van der Waals surface area contributed by atoms with E-state index in [2.05, 4.69) is 99.6 Å². The molecule has 0 atom stereocenters. The van der Waals surface area contributed by atoms with Gasteiger partial charge in [0, 0.05) is 48.0 Å². The van der Waals surface area contributed by atoms with Crippen molar-refractivity contribution in [2.75, 3.05) is 0 Å². The summed E-state index contributed by atoms with van der Waals surface area (Å²) in [7, 11) is 0. The molecule has 0 unspecified atom stereocenters. The number of hydrogen-bond donors (Lipinski definition) is 0. The Bertz CT molecular complexity index is 1970. The third-order valence-corrected chi connectivity index (χ3v) is 8.26. The SMILES string of the molecule is Cc1c[c-]c(-c2ccc(C)cn2)cc1.Cc1cnc(-c2[c-]ccc3c2oc2c4ccsc4ccc32)cc1CC(C)(C)C.[Ir]. The van der Waals surface area contributed by atoms with Crippen LogP contribution in [0.25, 0.3) is 54.5 Å². The first-order chi connectivity index (χ1) is 20.2. The molecule has 0 fully saturated rings. The van der Waals surface area contributed by atoms with Crippen LogP contribution in [-0.2, 0) is 26.5 Å².